The van der Waals surface area contributed by atoms with E-state index in [9.17, 15) is 17.6 Å². The molecule has 0 aliphatic heterocycles. The van der Waals surface area contributed by atoms with Crippen molar-refractivity contribution in [1.29, 1.82) is 0 Å². The van der Waals surface area contributed by atoms with Crippen molar-refractivity contribution in [2.75, 3.05) is 5.32 Å². The van der Waals surface area contributed by atoms with Crippen LogP contribution in [0.25, 0.3) is 6.08 Å². The minimum Gasteiger partial charge on any atom is -0.320 e. The number of nitrogens with one attached hydrogen (secondary N) is 1. The van der Waals surface area contributed by atoms with Gasteiger partial charge in [-0.2, -0.15) is 0 Å². The van der Waals surface area contributed by atoms with E-state index in [1.54, 1.807) is 6.08 Å². The van der Waals surface area contributed by atoms with Gasteiger partial charge >= 0.3 is 0 Å². The number of carbonyl (C=O) groups excluding carboxylic acids is 1. The normalized spacial score (nSPS) is 11.7. The number of amides is 1. The first-order chi connectivity index (χ1) is 9.86. The molecule has 0 unspecified atom stereocenters. The summed E-state index contributed by atoms with van der Waals surface area (Å²) >= 11 is 1.44. The summed E-state index contributed by atoms with van der Waals surface area (Å²) in [5.41, 5.74) is -0.248. The van der Waals surface area contributed by atoms with Gasteiger partial charge in [-0.15, -0.1) is 11.3 Å². The fourth-order valence-corrected chi connectivity index (χ4v) is 2.65. The monoisotopic (exact) mass is 326 g/mol. The molecule has 2 rings (SSSR count). The van der Waals surface area contributed by atoms with Gasteiger partial charge in [0.2, 0.25) is 15.9 Å². The van der Waals surface area contributed by atoms with E-state index in [1.165, 1.54) is 17.4 Å². The number of benzene rings is 1. The summed E-state index contributed by atoms with van der Waals surface area (Å²) in [4.78, 5) is 12.3. The number of halogens is 1. The van der Waals surface area contributed by atoms with Gasteiger partial charge in [-0.3, -0.25) is 4.79 Å². The maximum Gasteiger partial charge on any atom is 0.248 e. The van der Waals surface area contributed by atoms with Crippen LogP contribution in [0.1, 0.15) is 4.88 Å². The average Bonchev–Trinajstić information content (AvgIpc) is 2.91. The molecular formula is C13H11FN2O3S2. The zero-order valence-corrected chi connectivity index (χ0v) is 12.2. The first-order valence-electron chi connectivity index (χ1n) is 5.71. The van der Waals surface area contributed by atoms with Gasteiger partial charge in [0.25, 0.3) is 0 Å². The van der Waals surface area contributed by atoms with Gasteiger partial charge < -0.3 is 5.32 Å². The molecule has 0 saturated heterocycles. The van der Waals surface area contributed by atoms with Crippen molar-refractivity contribution in [3.63, 3.8) is 0 Å². The van der Waals surface area contributed by atoms with Gasteiger partial charge in [0.05, 0.1) is 10.6 Å². The summed E-state index contributed by atoms with van der Waals surface area (Å²) in [6.45, 7) is 0. The Morgan fingerprint density at radius 3 is 2.71 bits per heavy atom. The summed E-state index contributed by atoms with van der Waals surface area (Å²) < 4.78 is 35.9. The number of sulfonamides is 1. The van der Waals surface area contributed by atoms with Crippen LogP contribution in [-0.2, 0) is 14.8 Å². The second-order valence-electron chi connectivity index (χ2n) is 4.02. The first kappa shape index (κ1) is 15.4. The predicted molar refractivity (Wildman–Crippen MR) is 79.8 cm³/mol. The van der Waals surface area contributed by atoms with Crippen LogP contribution in [0, 0.1) is 5.82 Å². The maximum absolute atomic E-state index is 13.6. The Morgan fingerprint density at radius 2 is 2.10 bits per heavy atom. The number of hydrogen-bond acceptors (Lipinski definition) is 4. The van der Waals surface area contributed by atoms with E-state index in [-0.39, 0.29) is 10.6 Å². The van der Waals surface area contributed by atoms with Crippen molar-refractivity contribution in [2.45, 2.75) is 4.90 Å². The SMILES string of the molecule is NS(=O)(=O)c1ccc(F)c(NC(=O)/C=C/c2cccs2)c1. The predicted octanol–water partition coefficient (Wildman–Crippen LogP) is 2.19. The van der Waals surface area contributed by atoms with Crippen molar-refractivity contribution < 1.29 is 17.6 Å². The molecular weight excluding hydrogens is 315 g/mol. The molecule has 0 aliphatic carbocycles. The van der Waals surface area contributed by atoms with E-state index in [2.05, 4.69) is 5.32 Å². The summed E-state index contributed by atoms with van der Waals surface area (Å²) in [5, 5.41) is 9.08. The number of rotatable bonds is 4. The Balaban J connectivity index is 2.17. The molecule has 0 spiro atoms. The van der Waals surface area contributed by atoms with Crippen molar-refractivity contribution in [3.8, 4) is 0 Å². The maximum atomic E-state index is 13.6. The fraction of sp³-hybridized carbons (Fsp3) is 0. The standard InChI is InChI=1S/C13H11FN2O3S2/c14-11-5-4-10(21(15,18)19)8-12(11)16-13(17)6-3-9-2-1-7-20-9/h1-8H,(H,16,17)(H2,15,18,19)/b6-3+. The van der Waals surface area contributed by atoms with Crippen LogP contribution in [0.2, 0.25) is 0 Å². The molecule has 1 amide bonds. The van der Waals surface area contributed by atoms with E-state index < -0.39 is 21.7 Å². The van der Waals surface area contributed by atoms with Crippen LogP contribution in [0.4, 0.5) is 10.1 Å². The third kappa shape index (κ3) is 4.22. The highest BCUT2D eigenvalue weighted by Gasteiger charge is 2.12. The molecule has 21 heavy (non-hydrogen) atoms. The molecule has 0 aliphatic rings. The minimum absolute atomic E-state index is 0.248. The minimum atomic E-state index is -3.96. The molecule has 0 fully saturated rings. The number of thiophene rings is 1. The Kier molecular flexibility index (Phi) is 4.51. The van der Waals surface area contributed by atoms with E-state index in [0.29, 0.717) is 0 Å². The van der Waals surface area contributed by atoms with E-state index >= 15 is 0 Å². The van der Waals surface area contributed by atoms with Crippen molar-refractivity contribution in [2.24, 2.45) is 5.14 Å². The lowest BCUT2D eigenvalue weighted by molar-refractivity contribution is -0.111. The van der Waals surface area contributed by atoms with Gasteiger partial charge in [0.15, 0.2) is 0 Å². The molecule has 0 radical (unpaired) electrons. The average molecular weight is 326 g/mol. The Bertz CT molecular complexity index is 784. The smallest absolute Gasteiger partial charge is 0.248 e. The summed E-state index contributed by atoms with van der Waals surface area (Å²) in [6, 6.07) is 6.58. The lowest BCUT2D eigenvalue weighted by Crippen LogP contribution is -2.14. The van der Waals surface area contributed by atoms with E-state index in [0.717, 1.165) is 23.1 Å². The topological polar surface area (TPSA) is 89.3 Å². The molecule has 0 atom stereocenters. The molecule has 1 aromatic carbocycles. The number of hydrogen-bond donors (Lipinski definition) is 2. The highest BCUT2D eigenvalue weighted by Crippen LogP contribution is 2.19. The summed E-state index contributed by atoms with van der Waals surface area (Å²) in [7, 11) is -3.96. The van der Waals surface area contributed by atoms with Crippen LogP contribution >= 0.6 is 11.3 Å². The Labute approximate surface area is 125 Å². The summed E-state index contributed by atoms with van der Waals surface area (Å²) in [5.74, 6) is -1.32. The van der Waals surface area contributed by atoms with Gasteiger partial charge in [-0.05, 0) is 35.7 Å². The van der Waals surface area contributed by atoms with Crippen LogP contribution in [-0.4, -0.2) is 14.3 Å². The number of primary sulfonamides is 1. The molecule has 1 aromatic heterocycles. The first-order valence-corrected chi connectivity index (χ1v) is 8.14. The molecule has 3 N–H and O–H groups in total. The Hall–Kier alpha value is -2.03. The molecule has 8 heteroatoms. The molecule has 0 bridgehead atoms. The van der Waals surface area contributed by atoms with Gasteiger partial charge in [-0.25, -0.2) is 17.9 Å². The molecule has 2 aromatic rings. The van der Waals surface area contributed by atoms with Gasteiger partial charge in [-0.1, -0.05) is 6.07 Å². The van der Waals surface area contributed by atoms with Crippen LogP contribution < -0.4 is 10.5 Å². The lowest BCUT2D eigenvalue weighted by Gasteiger charge is -2.06. The quantitative estimate of drug-likeness (QED) is 0.844. The van der Waals surface area contributed by atoms with Crippen molar-refractivity contribution in [1.82, 2.24) is 0 Å². The second-order valence-corrected chi connectivity index (χ2v) is 6.57. The van der Waals surface area contributed by atoms with Crippen LogP contribution in [0.15, 0.2) is 46.7 Å². The number of nitrogens with two attached hydrogens (primary N) is 1. The summed E-state index contributed by atoms with van der Waals surface area (Å²) in [6.07, 6.45) is 2.80. The second kappa shape index (κ2) is 6.17. The largest absolute Gasteiger partial charge is 0.320 e. The van der Waals surface area contributed by atoms with Crippen LogP contribution in [0.5, 0.6) is 0 Å². The van der Waals surface area contributed by atoms with Crippen molar-refractivity contribution >= 4 is 39.0 Å². The molecule has 1 heterocycles. The third-order valence-electron chi connectivity index (χ3n) is 2.47. The van der Waals surface area contributed by atoms with Crippen molar-refractivity contribution in [3.05, 3.63) is 52.5 Å². The zero-order valence-electron chi connectivity index (χ0n) is 10.6. The van der Waals surface area contributed by atoms with Crippen LogP contribution in [0.3, 0.4) is 0 Å². The molecule has 0 saturated carbocycles. The fourth-order valence-electron chi connectivity index (χ4n) is 1.50. The lowest BCUT2D eigenvalue weighted by atomic mass is 10.3. The third-order valence-corrected chi connectivity index (χ3v) is 4.21. The molecule has 5 nitrogen and oxygen atoms in total. The van der Waals surface area contributed by atoms with Gasteiger partial charge in [0.1, 0.15) is 5.82 Å². The van der Waals surface area contributed by atoms with E-state index in [4.69, 9.17) is 5.14 Å². The highest BCUT2D eigenvalue weighted by atomic mass is 32.2. The Morgan fingerprint density at radius 1 is 1.33 bits per heavy atom. The van der Waals surface area contributed by atoms with E-state index in [1.807, 2.05) is 17.5 Å². The van der Waals surface area contributed by atoms with Gasteiger partial charge in [0, 0.05) is 11.0 Å². The molecule has 110 valence electrons. The number of carbonyl (C=O) groups is 1. The number of anilines is 1. The highest BCUT2D eigenvalue weighted by molar-refractivity contribution is 7.89. The zero-order chi connectivity index (χ0) is 15.5.